The Labute approximate surface area is 80.4 Å². The van der Waals surface area contributed by atoms with Crippen LogP contribution in [-0.2, 0) is 13.3 Å². The molecule has 1 aliphatic heterocycles. The zero-order valence-corrected chi connectivity index (χ0v) is 9.66. The molecule has 4 nitrogen and oxygen atoms in total. The molecule has 0 fully saturated rings. The Balaban J connectivity index is 2.76. The molecule has 0 unspecified atom stereocenters. The van der Waals surface area contributed by atoms with E-state index < -0.39 is 8.80 Å². The lowest BCUT2D eigenvalue weighted by atomic mass is 10.6. The van der Waals surface area contributed by atoms with Gasteiger partial charge in [-0.3, -0.25) is 4.90 Å². The maximum Gasteiger partial charge on any atom is 0.533 e. The third kappa shape index (κ3) is 2.00. The predicted molar refractivity (Wildman–Crippen MR) is 52.4 cm³/mol. The van der Waals surface area contributed by atoms with E-state index in [1.54, 1.807) is 21.3 Å². The molecule has 1 aliphatic rings. The van der Waals surface area contributed by atoms with Crippen molar-refractivity contribution >= 4 is 8.80 Å². The highest BCUT2D eigenvalue weighted by Gasteiger charge is 2.44. The second-order valence-electron chi connectivity index (χ2n) is 3.09. The smallest absolute Gasteiger partial charge is 0.374 e. The topological polar surface area (TPSA) is 30.9 Å². The van der Waals surface area contributed by atoms with E-state index >= 15 is 0 Å². The van der Waals surface area contributed by atoms with Crippen molar-refractivity contribution in [3.63, 3.8) is 0 Å². The maximum absolute atomic E-state index is 5.37. The van der Waals surface area contributed by atoms with Gasteiger partial charge in [-0.1, -0.05) is 6.08 Å². The van der Waals surface area contributed by atoms with Crippen LogP contribution in [0, 0.1) is 0 Å². The molecule has 0 aromatic heterocycles. The summed E-state index contributed by atoms with van der Waals surface area (Å²) in [6.45, 7) is 1.82. The summed E-state index contributed by atoms with van der Waals surface area (Å²) in [7, 11) is 4.46. The Morgan fingerprint density at radius 2 is 1.77 bits per heavy atom. The summed E-state index contributed by atoms with van der Waals surface area (Å²) in [5, 5.41) is 1.16. The molecule has 0 atom stereocenters. The number of likely N-dealkylation sites (N-methyl/N-ethyl adjacent to an activating group) is 1. The lowest BCUT2D eigenvalue weighted by Gasteiger charge is -2.25. The number of hydrogen-bond donors (Lipinski definition) is 0. The molecule has 1 rings (SSSR count). The van der Waals surface area contributed by atoms with Gasteiger partial charge in [0.15, 0.2) is 0 Å². The van der Waals surface area contributed by atoms with Crippen LogP contribution in [0.4, 0.5) is 0 Å². The van der Waals surface area contributed by atoms with Gasteiger partial charge in [0.05, 0.1) is 0 Å². The Hall–Kier alpha value is -0.203. The lowest BCUT2D eigenvalue weighted by molar-refractivity contribution is 0.133. The fourth-order valence-electron chi connectivity index (χ4n) is 1.55. The minimum absolute atomic E-state index is 0.877. The first kappa shape index (κ1) is 10.9. The van der Waals surface area contributed by atoms with Crippen molar-refractivity contribution in [3.8, 4) is 0 Å². The second-order valence-corrected chi connectivity index (χ2v) is 6.07. The van der Waals surface area contributed by atoms with Crippen LogP contribution in [0.15, 0.2) is 11.3 Å². The van der Waals surface area contributed by atoms with Gasteiger partial charge in [0.25, 0.3) is 0 Å². The largest absolute Gasteiger partial charge is 0.533 e. The third-order valence-electron chi connectivity index (χ3n) is 2.29. The maximum atomic E-state index is 5.37. The lowest BCUT2D eigenvalue weighted by Crippen LogP contribution is -2.46. The van der Waals surface area contributed by atoms with E-state index in [0.717, 1.165) is 18.3 Å². The summed E-state index contributed by atoms with van der Waals surface area (Å²) < 4.78 is 16.1. The Bertz CT molecular complexity index is 195. The zero-order valence-electron chi connectivity index (χ0n) is 8.66. The van der Waals surface area contributed by atoms with Gasteiger partial charge in [-0.25, -0.2) is 0 Å². The monoisotopic (exact) mass is 203 g/mol. The molecule has 13 heavy (non-hydrogen) atoms. The van der Waals surface area contributed by atoms with Crippen molar-refractivity contribution in [2.75, 3.05) is 41.5 Å². The first-order valence-corrected chi connectivity index (χ1v) is 5.94. The first-order chi connectivity index (χ1) is 6.18. The fourth-order valence-corrected chi connectivity index (χ4v) is 3.64. The quantitative estimate of drug-likeness (QED) is 0.614. The summed E-state index contributed by atoms with van der Waals surface area (Å²) in [6.07, 6.45) is 2.13. The SMILES string of the molecule is CO[Si](OC)(OC)C1=CCN(C)C1. The van der Waals surface area contributed by atoms with Crippen LogP contribution in [0.2, 0.25) is 0 Å². The molecule has 0 bridgehead atoms. The van der Waals surface area contributed by atoms with Crippen LogP contribution in [0.1, 0.15) is 0 Å². The third-order valence-corrected chi connectivity index (χ3v) is 5.05. The van der Waals surface area contributed by atoms with Gasteiger partial charge in [0.1, 0.15) is 0 Å². The van der Waals surface area contributed by atoms with Crippen LogP contribution < -0.4 is 0 Å². The summed E-state index contributed by atoms with van der Waals surface area (Å²) >= 11 is 0. The zero-order chi connectivity index (χ0) is 9.90. The second kappa shape index (κ2) is 4.34. The van der Waals surface area contributed by atoms with Crippen molar-refractivity contribution in [1.82, 2.24) is 4.90 Å². The average Bonchev–Trinajstić information content (AvgIpc) is 2.57. The Kier molecular flexibility index (Phi) is 3.63. The molecule has 0 saturated carbocycles. The highest BCUT2D eigenvalue weighted by molar-refractivity contribution is 6.68. The Morgan fingerprint density at radius 3 is 2.08 bits per heavy atom. The molecule has 76 valence electrons. The highest BCUT2D eigenvalue weighted by atomic mass is 28.4. The Morgan fingerprint density at radius 1 is 1.23 bits per heavy atom. The molecule has 0 aromatic rings. The van der Waals surface area contributed by atoms with E-state index in [1.165, 1.54) is 0 Å². The number of hydrogen-bond acceptors (Lipinski definition) is 4. The van der Waals surface area contributed by atoms with Crippen LogP contribution in [-0.4, -0.2) is 55.2 Å². The minimum Gasteiger partial charge on any atom is -0.374 e. The molecular weight excluding hydrogens is 186 g/mol. The van der Waals surface area contributed by atoms with E-state index in [9.17, 15) is 0 Å². The van der Waals surface area contributed by atoms with Gasteiger partial charge in [-0.05, 0) is 7.05 Å². The van der Waals surface area contributed by atoms with E-state index in [2.05, 4.69) is 18.0 Å². The first-order valence-electron chi connectivity index (χ1n) is 4.22. The summed E-state index contributed by atoms with van der Waals surface area (Å²) in [6, 6.07) is 0. The molecule has 0 N–H and O–H groups in total. The average molecular weight is 203 g/mol. The number of rotatable bonds is 4. The van der Waals surface area contributed by atoms with Crippen molar-refractivity contribution in [1.29, 1.82) is 0 Å². The van der Waals surface area contributed by atoms with Gasteiger partial charge in [0, 0.05) is 39.6 Å². The standard InChI is InChI=1S/C8H17NO3Si/c1-9-6-5-8(7-9)13(10-2,11-3)12-4/h5H,6-7H2,1-4H3. The van der Waals surface area contributed by atoms with Gasteiger partial charge in [-0.2, -0.15) is 0 Å². The molecule has 0 aromatic carbocycles. The molecule has 0 spiro atoms. The molecule has 5 heteroatoms. The van der Waals surface area contributed by atoms with Gasteiger partial charge >= 0.3 is 8.80 Å². The summed E-state index contributed by atoms with van der Waals surface area (Å²) in [5.74, 6) is 0. The van der Waals surface area contributed by atoms with Gasteiger partial charge in [0.2, 0.25) is 0 Å². The van der Waals surface area contributed by atoms with Crippen molar-refractivity contribution in [2.45, 2.75) is 0 Å². The molecule has 0 amide bonds. The molecule has 1 heterocycles. The molecular formula is C8H17NO3Si. The van der Waals surface area contributed by atoms with Gasteiger partial charge in [-0.15, -0.1) is 0 Å². The van der Waals surface area contributed by atoms with E-state index in [0.29, 0.717) is 0 Å². The van der Waals surface area contributed by atoms with Crippen molar-refractivity contribution in [2.24, 2.45) is 0 Å². The van der Waals surface area contributed by atoms with E-state index in [1.807, 2.05) is 0 Å². The van der Waals surface area contributed by atoms with Crippen molar-refractivity contribution in [3.05, 3.63) is 11.3 Å². The van der Waals surface area contributed by atoms with Crippen LogP contribution in [0.3, 0.4) is 0 Å². The molecule has 0 saturated heterocycles. The summed E-state index contributed by atoms with van der Waals surface area (Å²) in [5.41, 5.74) is 0. The van der Waals surface area contributed by atoms with Crippen LogP contribution in [0.5, 0.6) is 0 Å². The van der Waals surface area contributed by atoms with E-state index in [-0.39, 0.29) is 0 Å². The fraction of sp³-hybridized carbons (Fsp3) is 0.750. The predicted octanol–water partition coefficient (Wildman–Crippen LogP) is 0.275. The van der Waals surface area contributed by atoms with Gasteiger partial charge < -0.3 is 13.3 Å². The van der Waals surface area contributed by atoms with E-state index in [4.69, 9.17) is 13.3 Å². The van der Waals surface area contributed by atoms with Crippen LogP contribution >= 0.6 is 0 Å². The molecule has 0 aliphatic carbocycles. The summed E-state index contributed by atoms with van der Waals surface area (Å²) in [4.78, 5) is 2.19. The molecule has 0 radical (unpaired) electrons. The normalized spacial score (nSPS) is 19.2. The minimum atomic E-state index is -2.51. The highest BCUT2D eigenvalue weighted by Crippen LogP contribution is 2.21. The number of nitrogens with zero attached hydrogens (tertiary/aromatic N) is 1. The van der Waals surface area contributed by atoms with Crippen molar-refractivity contribution < 1.29 is 13.3 Å². The van der Waals surface area contributed by atoms with Crippen LogP contribution in [0.25, 0.3) is 0 Å².